The van der Waals surface area contributed by atoms with Crippen molar-refractivity contribution in [2.45, 2.75) is 29.1 Å². The van der Waals surface area contributed by atoms with Gasteiger partial charge in [-0.2, -0.15) is 5.26 Å². The fourth-order valence-corrected chi connectivity index (χ4v) is 13.7. The minimum Gasteiger partial charge on any atom is -0.456 e. The van der Waals surface area contributed by atoms with Crippen molar-refractivity contribution in [1.29, 1.82) is 5.26 Å². The molecule has 6 aliphatic rings. The van der Waals surface area contributed by atoms with Crippen molar-refractivity contribution in [2.75, 3.05) is 0 Å². The Morgan fingerprint density at radius 1 is 0.525 bits per heavy atom. The van der Waals surface area contributed by atoms with Crippen LogP contribution in [0.15, 0.2) is 150 Å². The molecule has 17 rings (SSSR count). The van der Waals surface area contributed by atoms with Gasteiger partial charge in [0.15, 0.2) is 5.78 Å². The number of hydrogen-bond donors (Lipinski definition) is 0. The van der Waals surface area contributed by atoms with Crippen molar-refractivity contribution in [1.82, 2.24) is 4.40 Å². The summed E-state index contributed by atoms with van der Waals surface area (Å²) in [6.07, 6.45) is 0. The van der Waals surface area contributed by atoms with E-state index in [1.807, 2.05) is 6.07 Å². The summed E-state index contributed by atoms with van der Waals surface area (Å²) in [5, 5.41) is 17.9. The Hall–Kier alpha value is -7.48. The maximum atomic E-state index is 15.2. The lowest BCUT2D eigenvalue weighted by Crippen LogP contribution is -2.61. The highest BCUT2D eigenvalue weighted by Gasteiger charge is 2.69. The van der Waals surface area contributed by atoms with Gasteiger partial charge in [0.05, 0.1) is 34.1 Å². The Bertz CT molecular complexity index is 3880. The molecule has 1 spiro atoms. The van der Waals surface area contributed by atoms with E-state index in [-0.39, 0.29) is 34.9 Å². The minimum absolute atomic E-state index is 0.0263. The number of fused-ring (bicyclic) bond motifs is 16. The second-order valence-corrected chi connectivity index (χ2v) is 17.6. The number of carbonyl (C=O) groups is 1. The van der Waals surface area contributed by atoms with Crippen LogP contribution in [0.25, 0.3) is 60.0 Å². The average Bonchev–Trinajstić information content (AvgIpc) is 3.92. The number of nitrogens with zero attached hydrogens (tertiary/aromatic N) is 2. The number of benzene rings is 8. The first-order valence-electron chi connectivity index (χ1n) is 20.7. The Morgan fingerprint density at radius 2 is 1.14 bits per heavy atom. The van der Waals surface area contributed by atoms with Gasteiger partial charge < -0.3 is 8.82 Å². The van der Waals surface area contributed by atoms with Crippen molar-refractivity contribution in [3.8, 4) is 6.07 Å². The number of furan rings is 1. The minimum atomic E-state index is -0.345. The highest BCUT2D eigenvalue weighted by atomic mass is 16.3. The molecule has 0 aliphatic heterocycles. The zero-order valence-electron chi connectivity index (χ0n) is 31.4. The number of nitriles is 1. The van der Waals surface area contributed by atoms with Gasteiger partial charge in [0, 0.05) is 61.0 Å². The highest BCUT2D eigenvalue weighted by Crippen LogP contribution is 2.74. The molecule has 0 radical (unpaired) electrons. The van der Waals surface area contributed by atoms with E-state index >= 15 is 4.79 Å². The number of carbonyl (C=O) groups excluding carboxylic acids is 1. The molecular formula is C55H28N2O2. The van der Waals surface area contributed by atoms with Crippen molar-refractivity contribution in [2.24, 2.45) is 0 Å². The molecule has 6 aliphatic carbocycles. The monoisotopic (exact) mass is 748 g/mol. The third kappa shape index (κ3) is 2.93. The molecule has 270 valence electrons. The zero-order chi connectivity index (χ0) is 38.2. The summed E-state index contributed by atoms with van der Waals surface area (Å²) in [7, 11) is 0. The number of hydrogen-bond acceptors (Lipinski definition) is 3. The van der Waals surface area contributed by atoms with Crippen LogP contribution in [0.1, 0.15) is 101 Å². The first kappa shape index (κ1) is 29.7. The number of rotatable bonds is 0. The summed E-state index contributed by atoms with van der Waals surface area (Å²) < 4.78 is 9.21. The van der Waals surface area contributed by atoms with E-state index < -0.39 is 0 Å². The lowest BCUT2D eigenvalue weighted by atomic mass is 9.36. The Balaban J connectivity index is 1.10. The molecule has 3 atom stereocenters. The van der Waals surface area contributed by atoms with Gasteiger partial charge in [0.1, 0.15) is 11.2 Å². The standard InChI is InChI=1S/C55H28N2O2/c56-25-26-21-41-47(50-44(26)45-27-11-1-3-13-29(27)46(50)30-14-4-2-12-28(30)45)37-24-43-48(33-17-7-10-20-42(33)59-43)49-36-22-34-35(23-40(36)57(41)53(37)49)54(58)52-32-16-6-9-19-39(32)55(52)38-18-8-5-15-31(38)51(34)55/h1-24,45-46,51-52H. The molecule has 0 saturated heterocycles. The van der Waals surface area contributed by atoms with E-state index in [1.54, 1.807) is 0 Å². The summed E-state index contributed by atoms with van der Waals surface area (Å²) in [4.78, 5) is 15.2. The predicted octanol–water partition coefficient (Wildman–Crippen LogP) is 12.3. The first-order chi connectivity index (χ1) is 29.2. The van der Waals surface area contributed by atoms with E-state index in [1.165, 1.54) is 49.9 Å². The second-order valence-electron chi connectivity index (χ2n) is 17.6. The van der Waals surface area contributed by atoms with Crippen LogP contribution in [-0.2, 0) is 5.41 Å². The van der Waals surface area contributed by atoms with Gasteiger partial charge in [0.2, 0.25) is 0 Å². The number of aromatic nitrogens is 1. The Labute approximate surface area is 336 Å². The third-order valence-corrected chi connectivity index (χ3v) is 15.6. The average molecular weight is 749 g/mol. The van der Waals surface area contributed by atoms with Crippen molar-refractivity contribution < 1.29 is 9.21 Å². The number of para-hydroxylation sites is 1. The topological polar surface area (TPSA) is 58.4 Å². The number of ketones is 1. The van der Waals surface area contributed by atoms with Crippen molar-refractivity contribution in [3.05, 3.63) is 218 Å². The van der Waals surface area contributed by atoms with Gasteiger partial charge in [-0.05, 0) is 91.5 Å². The second kappa shape index (κ2) is 9.45. The van der Waals surface area contributed by atoms with Crippen molar-refractivity contribution >= 4 is 65.8 Å². The third-order valence-electron chi connectivity index (χ3n) is 15.6. The predicted molar refractivity (Wildman–Crippen MR) is 230 cm³/mol. The van der Waals surface area contributed by atoms with E-state index in [2.05, 4.69) is 150 Å². The largest absolute Gasteiger partial charge is 0.456 e. The fraction of sp³-hybridized carbons (Fsp3) is 0.0909. The molecule has 0 fully saturated rings. The van der Waals surface area contributed by atoms with Gasteiger partial charge in [0.25, 0.3) is 0 Å². The molecule has 11 aromatic rings. The smallest absolute Gasteiger partial charge is 0.171 e. The molecule has 3 unspecified atom stereocenters. The Morgan fingerprint density at radius 3 is 1.83 bits per heavy atom. The molecular weight excluding hydrogens is 721 g/mol. The van der Waals surface area contributed by atoms with Crippen LogP contribution >= 0.6 is 0 Å². The molecule has 8 aromatic carbocycles. The SMILES string of the molecule is N#Cc1cc2c(c3c1C1c4ccccc4C3c3ccccc31)c1cc3oc4ccccc4c3c3c4cc5c(cc4n2c13)C(=O)C1c2ccccc2C12c1ccccc1C52. The fourth-order valence-electron chi connectivity index (χ4n) is 13.7. The maximum absolute atomic E-state index is 15.2. The summed E-state index contributed by atoms with van der Waals surface area (Å²) in [6.45, 7) is 0. The molecule has 4 nitrogen and oxygen atoms in total. The summed E-state index contributed by atoms with van der Waals surface area (Å²) in [6, 6.07) is 55.1. The van der Waals surface area contributed by atoms with Crippen LogP contribution in [0.3, 0.4) is 0 Å². The normalized spacial score (nSPS) is 22.3. The lowest BCUT2D eigenvalue weighted by molar-refractivity contribution is 0.0847. The molecule has 0 amide bonds. The Kier molecular flexibility index (Phi) is 4.76. The quantitative estimate of drug-likeness (QED) is 0.155. The number of Topliss-reactive ketones (excluding diaryl/α,β-unsaturated/α-hetero) is 1. The van der Waals surface area contributed by atoms with Gasteiger partial charge in [-0.3, -0.25) is 4.79 Å². The molecule has 4 heteroatoms. The molecule has 0 saturated carbocycles. The van der Waals surface area contributed by atoms with E-state index in [0.29, 0.717) is 5.56 Å². The summed E-state index contributed by atoms with van der Waals surface area (Å²) in [5.41, 5.74) is 19.8. The summed E-state index contributed by atoms with van der Waals surface area (Å²) >= 11 is 0. The van der Waals surface area contributed by atoms with Gasteiger partial charge in [-0.25, -0.2) is 0 Å². The van der Waals surface area contributed by atoms with E-state index in [4.69, 9.17) is 4.42 Å². The zero-order valence-corrected chi connectivity index (χ0v) is 31.4. The van der Waals surface area contributed by atoms with Gasteiger partial charge in [-0.15, -0.1) is 0 Å². The summed E-state index contributed by atoms with van der Waals surface area (Å²) in [5.74, 6) is 0.00544. The van der Waals surface area contributed by atoms with Crippen LogP contribution in [0, 0.1) is 11.3 Å². The van der Waals surface area contributed by atoms with E-state index in [9.17, 15) is 5.26 Å². The van der Waals surface area contributed by atoms with Gasteiger partial charge in [-0.1, -0.05) is 115 Å². The molecule has 59 heavy (non-hydrogen) atoms. The first-order valence-corrected chi connectivity index (χ1v) is 20.7. The van der Waals surface area contributed by atoms with Crippen molar-refractivity contribution in [3.63, 3.8) is 0 Å². The van der Waals surface area contributed by atoms with Crippen LogP contribution in [-0.4, -0.2) is 10.2 Å². The van der Waals surface area contributed by atoms with Crippen LogP contribution in [0.4, 0.5) is 0 Å². The molecule has 3 heterocycles. The van der Waals surface area contributed by atoms with Gasteiger partial charge >= 0.3 is 0 Å². The van der Waals surface area contributed by atoms with E-state index in [0.717, 1.165) is 76.9 Å². The molecule has 3 aromatic heterocycles. The lowest BCUT2D eigenvalue weighted by Gasteiger charge is -2.64. The highest BCUT2D eigenvalue weighted by molar-refractivity contribution is 6.35. The van der Waals surface area contributed by atoms with Crippen LogP contribution < -0.4 is 0 Å². The maximum Gasteiger partial charge on any atom is 0.171 e. The molecule has 2 bridgehead atoms. The molecule has 0 N–H and O–H groups in total. The van der Waals surface area contributed by atoms with Crippen LogP contribution in [0.5, 0.6) is 0 Å². The van der Waals surface area contributed by atoms with Crippen LogP contribution in [0.2, 0.25) is 0 Å².